The van der Waals surface area contributed by atoms with Crippen LogP contribution in [-0.4, -0.2) is 15.5 Å². The molecule has 0 saturated heterocycles. The van der Waals surface area contributed by atoms with Gasteiger partial charge in [-0.05, 0) is 5.56 Å². The van der Waals surface area contributed by atoms with Crippen molar-refractivity contribution >= 4 is 17.7 Å². The fraction of sp³-hybridized carbons (Fsp3) is 0.167. The molecule has 2 rings (SSSR count). The van der Waals surface area contributed by atoms with E-state index < -0.39 is 11.2 Å². The molecule has 1 aromatic carbocycles. The first kappa shape index (κ1) is 11.7. The maximum Gasteiger partial charge on any atom is 0.168 e. The van der Waals surface area contributed by atoms with E-state index in [1.165, 1.54) is 11.8 Å². The van der Waals surface area contributed by atoms with Gasteiger partial charge in [0.25, 0.3) is 0 Å². The van der Waals surface area contributed by atoms with Crippen LogP contribution in [0.2, 0.25) is 0 Å². The zero-order chi connectivity index (χ0) is 12.3. The van der Waals surface area contributed by atoms with Crippen LogP contribution in [0.5, 0.6) is 0 Å². The average Bonchev–Trinajstić information content (AvgIpc) is 2.72. The summed E-state index contributed by atoms with van der Waals surface area (Å²) in [6.07, 6.45) is 3.42. The highest BCUT2D eigenvalue weighted by Gasteiger charge is 2.16. The van der Waals surface area contributed by atoms with Gasteiger partial charge in [-0.2, -0.15) is 0 Å². The fourth-order valence-corrected chi connectivity index (χ4v) is 2.40. The van der Waals surface area contributed by atoms with Crippen molar-refractivity contribution in [3.05, 3.63) is 48.3 Å². The third-order valence-corrected chi connectivity index (χ3v) is 3.62. The normalized spacial score (nSPS) is 12.3. The molecular formula is C12H11N2O2S-. The van der Waals surface area contributed by atoms with Crippen LogP contribution >= 0.6 is 11.8 Å². The molecule has 4 nitrogen and oxygen atoms in total. The Balaban J connectivity index is 2.26. The van der Waals surface area contributed by atoms with Crippen molar-refractivity contribution in [3.8, 4) is 0 Å². The number of carbonyl (C=O) groups is 1. The van der Waals surface area contributed by atoms with Gasteiger partial charge in [-0.25, -0.2) is 4.98 Å². The van der Waals surface area contributed by atoms with Gasteiger partial charge in [0.2, 0.25) is 0 Å². The van der Waals surface area contributed by atoms with Crippen LogP contribution in [-0.2, 0) is 11.8 Å². The van der Waals surface area contributed by atoms with Crippen LogP contribution in [0, 0.1) is 0 Å². The highest BCUT2D eigenvalue weighted by atomic mass is 32.2. The number of carbonyl (C=O) groups excluding carboxylic acids is 1. The van der Waals surface area contributed by atoms with Crippen molar-refractivity contribution in [1.29, 1.82) is 0 Å². The second-order valence-electron chi connectivity index (χ2n) is 3.55. The summed E-state index contributed by atoms with van der Waals surface area (Å²) in [5, 5.41) is 11.1. The number of imidazole rings is 1. The molecule has 0 radical (unpaired) electrons. The first-order valence-corrected chi connectivity index (χ1v) is 5.96. The highest BCUT2D eigenvalue weighted by molar-refractivity contribution is 8.00. The summed E-state index contributed by atoms with van der Waals surface area (Å²) in [6, 6.07) is 9.02. The quantitative estimate of drug-likeness (QED) is 0.756. The number of aryl methyl sites for hydroxylation is 1. The molecule has 0 amide bonds. The van der Waals surface area contributed by atoms with Gasteiger partial charge in [0.1, 0.15) is 0 Å². The summed E-state index contributed by atoms with van der Waals surface area (Å²) in [7, 11) is 1.83. The number of benzene rings is 1. The van der Waals surface area contributed by atoms with Crippen molar-refractivity contribution in [2.24, 2.45) is 7.05 Å². The van der Waals surface area contributed by atoms with Crippen LogP contribution in [0.1, 0.15) is 10.8 Å². The van der Waals surface area contributed by atoms with E-state index in [0.29, 0.717) is 10.7 Å². The number of carboxylic acid groups (broad SMARTS) is 1. The van der Waals surface area contributed by atoms with E-state index >= 15 is 0 Å². The highest BCUT2D eigenvalue weighted by Crippen LogP contribution is 2.33. The Morgan fingerprint density at radius 2 is 2.12 bits per heavy atom. The molecule has 0 aliphatic rings. The second-order valence-corrected chi connectivity index (χ2v) is 4.62. The number of hydrogen-bond acceptors (Lipinski definition) is 4. The van der Waals surface area contributed by atoms with Gasteiger partial charge < -0.3 is 14.5 Å². The van der Waals surface area contributed by atoms with E-state index in [4.69, 9.17) is 0 Å². The van der Waals surface area contributed by atoms with Crippen LogP contribution < -0.4 is 5.11 Å². The minimum Gasteiger partial charge on any atom is -0.549 e. The summed E-state index contributed by atoms with van der Waals surface area (Å²) in [6.45, 7) is 0. The van der Waals surface area contributed by atoms with Gasteiger partial charge in [0.15, 0.2) is 5.16 Å². The Bertz CT molecular complexity index is 510. The number of aromatic nitrogens is 2. The van der Waals surface area contributed by atoms with Gasteiger partial charge in [-0.3, -0.25) is 0 Å². The molecule has 88 valence electrons. The molecule has 0 N–H and O–H groups in total. The molecule has 0 fully saturated rings. The van der Waals surface area contributed by atoms with Gasteiger partial charge in [-0.1, -0.05) is 42.1 Å². The van der Waals surface area contributed by atoms with Crippen molar-refractivity contribution in [1.82, 2.24) is 9.55 Å². The number of nitrogens with zero attached hydrogens (tertiary/aromatic N) is 2. The zero-order valence-corrected chi connectivity index (χ0v) is 10.1. The van der Waals surface area contributed by atoms with Gasteiger partial charge in [-0.15, -0.1) is 0 Å². The average molecular weight is 247 g/mol. The molecule has 0 unspecified atom stereocenters. The minimum absolute atomic E-state index is 0.656. The summed E-state index contributed by atoms with van der Waals surface area (Å²) in [5.41, 5.74) is 0.709. The first-order chi connectivity index (χ1) is 8.18. The molecule has 1 heterocycles. The lowest BCUT2D eigenvalue weighted by atomic mass is 10.1. The molecular weight excluding hydrogens is 236 g/mol. The lowest BCUT2D eigenvalue weighted by Gasteiger charge is -2.17. The van der Waals surface area contributed by atoms with E-state index in [-0.39, 0.29) is 0 Å². The Morgan fingerprint density at radius 3 is 2.65 bits per heavy atom. The van der Waals surface area contributed by atoms with Gasteiger partial charge >= 0.3 is 0 Å². The van der Waals surface area contributed by atoms with Crippen molar-refractivity contribution in [2.75, 3.05) is 0 Å². The molecule has 0 spiro atoms. The third kappa shape index (κ3) is 2.68. The standard InChI is InChI=1S/C12H12N2O2S/c1-14-8-7-13-12(14)17-10(11(15)16)9-5-3-2-4-6-9/h2-8,10H,1H3,(H,15,16)/p-1/t10-/m0/s1. The smallest absolute Gasteiger partial charge is 0.168 e. The maximum absolute atomic E-state index is 11.2. The molecule has 1 aromatic heterocycles. The van der Waals surface area contributed by atoms with Crippen LogP contribution in [0.15, 0.2) is 47.9 Å². The fourth-order valence-electron chi connectivity index (χ4n) is 1.45. The first-order valence-electron chi connectivity index (χ1n) is 5.08. The van der Waals surface area contributed by atoms with E-state index in [2.05, 4.69) is 4.98 Å². The summed E-state index contributed by atoms with van der Waals surface area (Å²) in [4.78, 5) is 15.3. The number of thioether (sulfide) groups is 1. The number of rotatable bonds is 4. The molecule has 2 aromatic rings. The van der Waals surface area contributed by atoms with E-state index in [9.17, 15) is 9.90 Å². The van der Waals surface area contributed by atoms with E-state index in [0.717, 1.165) is 0 Å². The van der Waals surface area contributed by atoms with Crippen molar-refractivity contribution in [2.45, 2.75) is 10.4 Å². The minimum atomic E-state index is -1.11. The maximum atomic E-state index is 11.2. The molecule has 0 saturated carbocycles. The lowest BCUT2D eigenvalue weighted by molar-refractivity contribution is -0.305. The molecule has 0 aliphatic carbocycles. The summed E-state index contributed by atoms with van der Waals surface area (Å²) < 4.78 is 1.78. The molecule has 17 heavy (non-hydrogen) atoms. The second kappa shape index (κ2) is 5.05. The van der Waals surface area contributed by atoms with E-state index in [1.54, 1.807) is 29.1 Å². The van der Waals surface area contributed by atoms with Gasteiger partial charge in [0.05, 0.1) is 11.2 Å². The Morgan fingerprint density at radius 1 is 1.41 bits per heavy atom. The predicted octanol–water partition coefficient (Wildman–Crippen LogP) is 1.00. The Kier molecular flexibility index (Phi) is 3.49. The zero-order valence-electron chi connectivity index (χ0n) is 9.24. The van der Waals surface area contributed by atoms with Crippen LogP contribution in [0.25, 0.3) is 0 Å². The molecule has 0 aliphatic heterocycles. The summed E-state index contributed by atoms with van der Waals surface area (Å²) >= 11 is 1.17. The van der Waals surface area contributed by atoms with E-state index in [1.807, 2.05) is 25.2 Å². The van der Waals surface area contributed by atoms with Crippen LogP contribution in [0.3, 0.4) is 0 Å². The number of hydrogen-bond donors (Lipinski definition) is 0. The third-order valence-electron chi connectivity index (χ3n) is 2.32. The lowest BCUT2D eigenvalue weighted by Crippen LogP contribution is -2.28. The number of aliphatic carboxylic acids is 1. The van der Waals surface area contributed by atoms with Gasteiger partial charge in [0, 0.05) is 19.4 Å². The van der Waals surface area contributed by atoms with Crippen molar-refractivity contribution in [3.63, 3.8) is 0 Å². The SMILES string of the molecule is Cn1ccnc1S[C@H](C(=O)[O-])c1ccccc1. The molecule has 5 heteroatoms. The predicted molar refractivity (Wildman–Crippen MR) is 63.3 cm³/mol. The van der Waals surface area contributed by atoms with Crippen LogP contribution in [0.4, 0.5) is 0 Å². The molecule has 0 bridgehead atoms. The largest absolute Gasteiger partial charge is 0.549 e. The monoisotopic (exact) mass is 247 g/mol. The van der Waals surface area contributed by atoms with Crippen molar-refractivity contribution < 1.29 is 9.90 Å². The topological polar surface area (TPSA) is 58.0 Å². The Hall–Kier alpha value is -1.75. The Labute approximate surface area is 103 Å². The summed E-state index contributed by atoms with van der Waals surface area (Å²) in [5.74, 6) is -1.11. The molecule has 1 atom stereocenters. The number of carboxylic acids is 1.